The average molecular weight is 542 g/mol. The van der Waals surface area contributed by atoms with Gasteiger partial charge in [0.1, 0.15) is 0 Å². The number of aliphatic hydroxyl groups excluding tert-OH is 1. The Hall–Kier alpha value is -2.48. The number of thioether (sulfide) groups is 1. The van der Waals surface area contributed by atoms with Crippen LogP contribution in [0, 0.1) is 0 Å². The number of benzene rings is 3. The van der Waals surface area contributed by atoms with Crippen molar-refractivity contribution in [3.63, 3.8) is 0 Å². The Labute approximate surface area is 218 Å². The van der Waals surface area contributed by atoms with Gasteiger partial charge in [-0.25, -0.2) is 9.13 Å². The Morgan fingerprint density at radius 3 is 2.11 bits per heavy atom. The molecule has 0 radical (unpaired) electrons. The van der Waals surface area contributed by atoms with Crippen LogP contribution in [0.1, 0.15) is 29.5 Å². The van der Waals surface area contributed by atoms with Crippen molar-refractivity contribution < 1.29 is 23.0 Å². The zero-order valence-electron chi connectivity index (χ0n) is 19.7. The summed E-state index contributed by atoms with van der Waals surface area (Å²) in [7, 11) is -4.29. The van der Waals surface area contributed by atoms with E-state index < -0.39 is 18.7 Å². The molecule has 0 aromatic heterocycles. The maximum atomic E-state index is 13.6. The van der Waals surface area contributed by atoms with Gasteiger partial charge in [0.15, 0.2) is 0 Å². The molecule has 1 atom stereocenters. The largest absolute Gasteiger partial charge is 0.468 e. The Morgan fingerprint density at radius 1 is 0.889 bits per heavy atom. The van der Waals surface area contributed by atoms with E-state index in [0.29, 0.717) is 25.1 Å². The zero-order chi connectivity index (χ0) is 25.3. The van der Waals surface area contributed by atoms with Crippen LogP contribution in [0.15, 0.2) is 83.1 Å². The Morgan fingerprint density at radius 2 is 1.50 bits per heavy atom. The van der Waals surface area contributed by atoms with Crippen LogP contribution in [0.4, 0.5) is 11.4 Å². The Balaban J connectivity index is 1.80. The highest BCUT2D eigenvalue weighted by Crippen LogP contribution is 2.49. The van der Waals surface area contributed by atoms with Gasteiger partial charge in [0.25, 0.3) is 0 Å². The Kier molecular flexibility index (Phi) is 9.73. The lowest BCUT2D eigenvalue weighted by Gasteiger charge is -2.35. The lowest BCUT2D eigenvalue weighted by Crippen LogP contribution is -2.23. The van der Waals surface area contributed by atoms with Gasteiger partial charge in [0, 0.05) is 52.7 Å². The molecule has 188 valence electrons. The van der Waals surface area contributed by atoms with Crippen molar-refractivity contribution in [3.05, 3.63) is 99.8 Å². The fourth-order valence-electron chi connectivity index (χ4n) is 4.17. The van der Waals surface area contributed by atoms with Gasteiger partial charge in [-0.05, 0) is 30.5 Å². The minimum atomic E-state index is -2.92. The summed E-state index contributed by atoms with van der Waals surface area (Å²) in [5.74, 6) is 0.911. The quantitative estimate of drug-likeness (QED) is 0.209. The van der Waals surface area contributed by atoms with Gasteiger partial charge in [-0.15, -0.1) is 11.8 Å². The maximum Gasteiger partial charge on any atom is 0.468 e. The van der Waals surface area contributed by atoms with Gasteiger partial charge in [0.2, 0.25) is 0 Å². The molecule has 1 heterocycles. The second-order valence-electron chi connectivity index (χ2n) is 8.15. The molecule has 0 amide bonds. The van der Waals surface area contributed by atoms with Crippen molar-refractivity contribution >= 4 is 47.4 Å². The first-order valence-electron chi connectivity index (χ1n) is 11.7. The van der Waals surface area contributed by atoms with E-state index in [9.17, 15) is 18.4 Å². The molecule has 0 saturated carbocycles. The molecule has 3 aromatic rings. The third-order valence-electron chi connectivity index (χ3n) is 5.73. The number of anilines is 2. The molecule has 0 spiro atoms. The molecule has 1 aliphatic heterocycles. The van der Waals surface area contributed by atoms with Crippen molar-refractivity contribution in [2.75, 3.05) is 29.6 Å². The highest BCUT2D eigenvalue weighted by atomic mass is 32.2. The summed E-state index contributed by atoms with van der Waals surface area (Å²) < 4.78 is 40.5. The summed E-state index contributed by atoms with van der Waals surface area (Å²) in [6.07, 6.45) is 0.943. The van der Waals surface area contributed by atoms with E-state index >= 15 is 0 Å². The SMILES string of the molecule is O=P(=O)OCCCS(=O)C(SCCCO)=C1c2ccccc2N(Cc2ccccc2)c2ccccc21. The van der Waals surface area contributed by atoms with Crippen molar-refractivity contribution in [1.82, 2.24) is 0 Å². The highest BCUT2D eigenvalue weighted by Gasteiger charge is 2.30. The summed E-state index contributed by atoms with van der Waals surface area (Å²) in [6, 6.07) is 26.6. The van der Waals surface area contributed by atoms with Crippen molar-refractivity contribution in [3.8, 4) is 0 Å². The van der Waals surface area contributed by atoms with E-state index in [-0.39, 0.29) is 19.0 Å². The molecule has 36 heavy (non-hydrogen) atoms. The molecule has 1 N–H and O–H groups in total. The summed E-state index contributed by atoms with van der Waals surface area (Å²) >= 11 is 1.50. The van der Waals surface area contributed by atoms with Crippen LogP contribution >= 0.6 is 19.7 Å². The number of rotatable bonds is 12. The van der Waals surface area contributed by atoms with Crippen molar-refractivity contribution in [2.24, 2.45) is 0 Å². The van der Waals surface area contributed by atoms with E-state index in [1.807, 2.05) is 42.5 Å². The monoisotopic (exact) mass is 541 g/mol. The predicted molar refractivity (Wildman–Crippen MR) is 147 cm³/mol. The van der Waals surface area contributed by atoms with E-state index in [1.165, 1.54) is 17.3 Å². The van der Waals surface area contributed by atoms with Crippen LogP contribution in [-0.4, -0.2) is 34.0 Å². The van der Waals surface area contributed by atoms with E-state index in [2.05, 4.69) is 45.8 Å². The van der Waals surface area contributed by atoms with Crippen LogP contribution in [0.5, 0.6) is 0 Å². The van der Waals surface area contributed by atoms with Gasteiger partial charge < -0.3 is 10.0 Å². The van der Waals surface area contributed by atoms with E-state index in [1.54, 1.807) is 0 Å². The summed E-state index contributed by atoms with van der Waals surface area (Å²) in [5.41, 5.74) is 6.21. The number of nitrogens with zero attached hydrogens (tertiary/aromatic N) is 1. The lowest BCUT2D eigenvalue weighted by atomic mass is 9.91. The molecule has 1 aliphatic rings. The van der Waals surface area contributed by atoms with E-state index in [4.69, 9.17) is 0 Å². The van der Waals surface area contributed by atoms with Gasteiger partial charge in [-0.1, -0.05) is 66.7 Å². The van der Waals surface area contributed by atoms with Crippen LogP contribution in [0.3, 0.4) is 0 Å². The lowest BCUT2D eigenvalue weighted by molar-refractivity contribution is 0.296. The summed E-state index contributed by atoms with van der Waals surface area (Å²) in [6.45, 7) is 0.764. The molecule has 0 aliphatic carbocycles. The molecule has 9 heteroatoms. The second-order valence-corrected chi connectivity index (χ2v) is 11.7. The molecule has 1 unspecified atom stereocenters. The topological polar surface area (TPSA) is 83.9 Å². The van der Waals surface area contributed by atoms with Gasteiger partial charge in [-0.2, -0.15) is 0 Å². The maximum absolute atomic E-state index is 13.6. The number of hydrogen-bond donors (Lipinski definition) is 1. The second kappa shape index (κ2) is 13.2. The van der Waals surface area contributed by atoms with Crippen LogP contribution in [-0.2, 0) is 31.0 Å². The molecule has 4 rings (SSSR count). The minimum absolute atomic E-state index is 0.00634. The van der Waals surface area contributed by atoms with Crippen molar-refractivity contribution in [1.29, 1.82) is 0 Å². The zero-order valence-corrected chi connectivity index (χ0v) is 22.3. The molecule has 0 fully saturated rings. The first kappa shape index (κ1) is 26.6. The van der Waals surface area contributed by atoms with Gasteiger partial charge in [-0.3, -0.25) is 8.73 Å². The molecular weight excluding hydrogens is 513 g/mol. The number of aliphatic hydroxyl groups is 1. The van der Waals surface area contributed by atoms with Crippen LogP contribution in [0.2, 0.25) is 0 Å². The minimum Gasteiger partial charge on any atom is -0.396 e. The fourth-order valence-corrected chi connectivity index (χ4v) is 7.31. The van der Waals surface area contributed by atoms with Gasteiger partial charge in [0.05, 0.1) is 21.6 Å². The molecular formula is C27H28NO5PS2. The molecule has 0 saturated heterocycles. The number of hydrogen-bond acceptors (Lipinski definition) is 7. The van der Waals surface area contributed by atoms with Crippen LogP contribution in [0.25, 0.3) is 5.57 Å². The standard InChI is InChI=1S/C27H28NO5PS2/c29-16-8-18-35-27(36(32)19-9-17-33-34(30)31)26-22-12-4-6-14-24(22)28(20-21-10-2-1-3-11-21)25-15-7-5-13-23(25)26/h1-7,10-15,29H,8-9,16-20H2. The van der Waals surface area contributed by atoms with E-state index in [0.717, 1.165) is 32.3 Å². The third-order valence-corrected chi connectivity index (χ3v) is 9.27. The summed E-state index contributed by atoms with van der Waals surface area (Å²) in [4.78, 5) is 2.29. The molecule has 3 aromatic carbocycles. The number of para-hydroxylation sites is 2. The summed E-state index contributed by atoms with van der Waals surface area (Å²) in [5, 5.41) is 9.36. The third kappa shape index (κ3) is 6.44. The first-order valence-corrected chi connectivity index (χ1v) is 15.1. The average Bonchev–Trinajstić information content (AvgIpc) is 2.90. The molecule has 0 bridgehead atoms. The van der Waals surface area contributed by atoms with Crippen molar-refractivity contribution in [2.45, 2.75) is 19.4 Å². The highest BCUT2D eigenvalue weighted by molar-refractivity contribution is 8.16. The Bertz CT molecular complexity index is 1250. The van der Waals surface area contributed by atoms with Crippen LogP contribution < -0.4 is 4.90 Å². The molecule has 6 nitrogen and oxygen atoms in total. The normalized spacial score (nSPS) is 13.1. The predicted octanol–water partition coefficient (Wildman–Crippen LogP) is 6.41. The van der Waals surface area contributed by atoms with Gasteiger partial charge >= 0.3 is 7.91 Å². The first-order chi connectivity index (χ1) is 17.6. The smallest absolute Gasteiger partial charge is 0.396 e. The fraction of sp³-hybridized carbons (Fsp3) is 0.259. The number of fused-ring (bicyclic) bond motifs is 2.